The molecule has 1 aliphatic heterocycles. The average Bonchev–Trinajstić information content (AvgIpc) is 2.83. The number of piperidine rings is 1. The molecule has 3 aromatic rings. The van der Waals surface area contributed by atoms with Crippen LogP contribution in [0.5, 0.6) is 0 Å². The minimum Gasteiger partial charge on any atom is -0.341 e. The van der Waals surface area contributed by atoms with Crippen LogP contribution in [0.3, 0.4) is 0 Å². The standard InChI is InChI=1S/C27H29BrN2O3S/c1-21-10-12-26(13-11-21)34(32,33)30(25-9-5-8-24(28)19-25)20-27(31)29-16-14-23(15-17-29)18-22-6-3-2-4-7-22/h2-13,19,23H,14-18,20H2,1H3. The predicted molar refractivity (Wildman–Crippen MR) is 139 cm³/mol. The summed E-state index contributed by atoms with van der Waals surface area (Å²) < 4.78 is 29.1. The van der Waals surface area contributed by atoms with Crippen LogP contribution in [0.2, 0.25) is 0 Å². The lowest BCUT2D eigenvalue weighted by Crippen LogP contribution is -2.46. The molecule has 1 amide bonds. The summed E-state index contributed by atoms with van der Waals surface area (Å²) in [7, 11) is -3.91. The number of anilines is 1. The highest BCUT2D eigenvalue weighted by Crippen LogP contribution is 2.28. The van der Waals surface area contributed by atoms with Crippen LogP contribution in [-0.4, -0.2) is 38.9 Å². The van der Waals surface area contributed by atoms with E-state index in [-0.39, 0.29) is 17.3 Å². The number of halogens is 1. The van der Waals surface area contributed by atoms with Crippen molar-refractivity contribution in [1.82, 2.24) is 4.90 Å². The fraction of sp³-hybridized carbons (Fsp3) is 0.296. The summed E-state index contributed by atoms with van der Waals surface area (Å²) in [5.74, 6) is 0.359. The minimum absolute atomic E-state index is 0.172. The number of nitrogens with zero attached hydrogens (tertiary/aromatic N) is 2. The van der Waals surface area contributed by atoms with Gasteiger partial charge in [0, 0.05) is 17.6 Å². The molecule has 0 N–H and O–H groups in total. The Balaban J connectivity index is 1.49. The summed E-state index contributed by atoms with van der Waals surface area (Å²) >= 11 is 3.42. The van der Waals surface area contributed by atoms with Gasteiger partial charge in [0.05, 0.1) is 10.6 Å². The van der Waals surface area contributed by atoms with Gasteiger partial charge in [0.1, 0.15) is 6.54 Å². The summed E-state index contributed by atoms with van der Waals surface area (Å²) in [6.07, 6.45) is 2.85. The molecule has 0 unspecified atom stereocenters. The van der Waals surface area contributed by atoms with Crippen LogP contribution in [-0.2, 0) is 21.2 Å². The van der Waals surface area contributed by atoms with Crippen LogP contribution in [0.25, 0.3) is 0 Å². The molecule has 0 atom stereocenters. The van der Waals surface area contributed by atoms with E-state index in [1.165, 1.54) is 9.87 Å². The molecule has 1 fully saturated rings. The first-order valence-electron chi connectivity index (χ1n) is 11.5. The van der Waals surface area contributed by atoms with Gasteiger partial charge >= 0.3 is 0 Å². The number of likely N-dealkylation sites (tertiary alicyclic amines) is 1. The summed E-state index contributed by atoms with van der Waals surface area (Å²) in [5.41, 5.74) is 2.75. The quantitative estimate of drug-likeness (QED) is 0.401. The van der Waals surface area contributed by atoms with E-state index in [9.17, 15) is 13.2 Å². The van der Waals surface area contributed by atoms with Crippen molar-refractivity contribution >= 4 is 37.5 Å². The minimum atomic E-state index is -3.91. The Bertz CT molecular complexity index is 1220. The molecule has 34 heavy (non-hydrogen) atoms. The fourth-order valence-corrected chi connectivity index (χ4v) is 6.13. The molecule has 1 aliphatic rings. The summed E-state index contributed by atoms with van der Waals surface area (Å²) in [5, 5.41) is 0. The van der Waals surface area contributed by atoms with Crippen molar-refractivity contribution in [3.63, 3.8) is 0 Å². The van der Waals surface area contributed by atoms with E-state index >= 15 is 0 Å². The zero-order valence-corrected chi connectivity index (χ0v) is 21.6. The van der Waals surface area contributed by atoms with Crippen LogP contribution < -0.4 is 4.31 Å². The first-order valence-corrected chi connectivity index (χ1v) is 13.7. The largest absolute Gasteiger partial charge is 0.341 e. The summed E-state index contributed by atoms with van der Waals surface area (Å²) in [6.45, 7) is 2.98. The highest BCUT2D eigenvalue weighted by Gasteiger charge is 2.30. The number of hydrogen-bond acceptors (Lipinski definition) is 3. The molecule has 0 aromatic heterocycles. The van der Waals surface area contributed by atoms with E-state index < -0.39 is 10.0 Å². The first kappa shape index (κ1) is 24.5. The van der Waals surface area contributed by atoms with Crippen molar-refractivity contribution in [2.75, 3.05) is 23.9 Å². The average molecular weight is 542 g/mol. The lowest BCUT2D eigenvalue weighted by molar-refractivity contribution is -0.130. The zero-order chi connectivity index (χ0) is 24.1. The molecule has 7 heteroatoms. The van der Waals surface area contributed by atoms with Crippen molar-refractivity contribution in [3.05, 3.63) is 94.5 Å². The molecular weight excluding hydrogens is 512 g/mol. The molecule has 3 aromatic carbocycles. The van der Waals surface area contributed by atoms with Crippen LogP contribution in [0.15, 0.2) is 88.2 Å². The van der Waals surface area contributed by atoms with E-state index in [1.54, 1.807) is 47.4 Å². The lowest BCUT2D eigenvalue weighted by atomic mass is 9.90. The molecule has 1 heterocycles. The van der Waals surface area contributed by atoms with Gasteiger partial charge in [-0.3, -0.25) is 9.10 Å². The van der Waals surface area contributed by atoms with Gasteiger partial charge < -0.3 is 4.90 Å². The monoisotopic (exact) mass is 540 g/mol. The topological polar surface area (TPSA) is 57.7 Å². The van der Waals surface area contributed by atoms with Gasteiger partial charge in [-0.25, -0.2) is 8.42 Å². The number of rotatable bonds is 7. The molecule has 0 radical (unpaired) electrons. The normalized spacial score (nSPS) is 14.7. The molecule has 0 saturated carbocycles. The third-order valence-electron chi connectivity index (χ3n) is 6.32. The third kappa shape index (κ3) is 5.88. The maximum Gasteiger partial charge on any atom is 0.264 e. The number of aryl methyl sites for hydroxylation is 1. The second-order valence-electron chi connectivity index (χ2n) is 8.82. The SMILES string of the molecule is Cc1ccc(S(=O)(=O)N(CC(=O)N2CCC(Cc3ccccc3)CC2)c2cccc(Br)c2)cc1. The molecule has 0 bridgehead atoms. The summed E-state index contributed by atoms with van der Waals surface area (Å²) in [6, 6.07) is 24.2. The van der Waals surface area contributed by atoms with Crippen molar-refractivity contribution in [2.24, 2.45) is 5.92 Å². The van der Waals surface area contributed by atoms with Crippen LogP contribution >= 0.6 is 15.9 Å². The second-order valence-corrected chi connectivity index (χ2v) is 11.6. The Hall–Kier alpha value is -2.64. The number of carbonyl (C=O) groups is 1. The molecule has 0 aliphatic carbocycles. The maximum absolute atomic E-state index is 13.6. The molecule has 5 nitrogen and oxygen atoms in total. The Kier molecular flexibility index (Phi) is 7.73. The van der Waals surface area contributed by atoms with Crippen molar-refractivity contribution < 1.29 is 13.2 Å². The number of amides is 1. The van der Waals surface area contributed by atoms with Gasteiger partial charge in [0.15, 0.2) is 0 Å². The van der Waals surface area contributed by atoms with Gasteiger partial charge in [0.2, 0.25) is 5.91 Å². The van der Waals surface area contributed by atoms with Crippen LogP contribution in [0, 0.1) is 12.8 Å². The van der Waals surface area contributed by atoms with Crippen LogP contribution in [0.4, 0.5) is 5.69 Å². The smallest absolute Gasteiger partial charge is 0.264 e. The highest BCUT2D eigenvalue weighted by molar-refractivity contribution is 9.10. The molecular formula is C27H29BrN2O3S. The molecule has 1 saturated heterocycles. The highest BCUT2D eigenvalue weighted by atomic mass is 79.9. The Labute approximate surface area is 210 Å². The Morgan fingerprint density at radius 3 is 2.29 bits per heavy atom. The molecule has 4 rings (SSSR count). The van der Waals surface area contributed by atoms with Gasteiger partial charge in [-0.15, -0.1) is 0 Å². The predicted octanol–water partition coefficient (Wildman–Crippen LogP) is 5.43. The lowest BCUT2D eigenvalue weighted by Gasteiger charge is -2.34. The van der Waals surface area contributed by atoms with E-state index in [2.05, 4.69) is 40.2 Å². The Morgan fingerprint density at radius 2 is 1.65 bits per heavy atom. The van der Waals surface area contributed by atoms with Crippen molar-refractivity contribution in [2.45, 2.75) is 31.1 Å². The molecule has 178 valence electrons. The van der Waals surface area contributed by atoms with E-state index in [1.807, 2.05) is 19.1 Å². The van der Waals surface area contributed by atoms with Gasteiger partial charge in [-0.2, -0.15) is 0 Å². The van der Waals surface area contributed by atoms with E-state index in [4.69, 9.17) is 0 Å². The van der Waals surface area contributed by atoms with E-state index in [0.717, 1.165) is 29.3 Å². The van der Waals surface area contributed by atoms with Crippen LogP contribution in [0.1, 0.15) is 24.0 Å². The number of sulfonamides is 1. The molecule has 0 spiro atoms. The third-order valence-corrected chi connectivity index (χ3v) is 8.60. The van der Waals surface area contributed by atoms with Crippen molar-refractivity contribution in [3.8, 4) is 0 Å². The van der Waals surface area contributed by atoms with Gasteiger partial charge in [-0.05, 0) is 68.0 Å². The fourth-order valence-electron chi connectivity index (χ4n) is 4.34. The van der Waals surface area contributed by atoms with Gasteiger partial charge in [0.25, 0.3) is 10.0 Å². The summed E-state index contributed by atoms with van der Waals surface area (Å²) in [4.78, 5) is 15.2. The number of carbonyl (C=O) groups excluding carboxylic acids is 1. The Morgan fingerprint density at radius 1 is 0.971 bits per heavy atom. The second kappa shape index (κ2) is 10.7. The number of hydrogen-bond donors (Lipinski definition) is 0. The van der Waals surface area contributed by atoms with Gasteiger partial charge in [-0.1, -0.05) is 70.0 Å². The maximum atomic E-state index is 13.6. The van der Waals surface area contributed by atoms with E-state index in [0.29, 0.717) is 24.7 Å². The first-order chi connectivity index (χ1) is 16.3. The van der Waals surface area contributed by atoms with Crippen molar-refractivity contribution in [1.29, 1.82) is 0 Å². The number of benzene rings is 3. The zero-order valence-electron chi connectivity index (χ0n) is 19.2.